The van der Waals surface area contributed by atoms with Crippen molar-refractivity contribution in [2.45, 2.75) is 0 Å². The maximum Gasteiger partial charge on any atom is 0.322 e. The van der Waals surface area contributed by atoms with Gasteiger partial charge in [-0.1, -0.05) is 0 Å². The van der Waals surface area contributed by atoms with E-state index in [0.29, 0.717) is 37.8 Å². The van der Waals surface area contributed by atoms with Gasteiger partial charge in [-0.25, -0.2) is 4.98 Å². The minimum atomic E-state index is -1.03. The van der Waals surface area contributed by atoms with Crippen molar-refractivity contribution < 1.29 is 19.0 Å². The zero-order valence-electron chi connectivity index (χ0n) is 12.6. The molecular weight excluding hydrogens is 319 g/mol. The largest absolute Gasteiger partial charge is 0.480 e. The number of anilines is 2. The first kappa shape index (κ1) is 16.0. The summed E-state index contributed by atoms with van der Waals surface area (Å²) in [6.45, 7) is 2.01. The van der Waals surface area contributed by atoms with E-state index in [1.807, 2.05) is 4.90 Å². The first-order chi connectivity index (χ1) is 11.6. The highest BCUT2D eigenvalue weighted by atomic mass is 19.1. The summed E-state index contributed by atoms with van der Waals surface area (Å²) in [7, 11) is 0. The molecule has 0 aromatic carbocycles. The fourth-order valence-electron chi connectivity index (χ4n) is 2.14. The third-order valence-electron chi connectivity index (χ3n) is 3.30. The van der Waals surface area contributed by atoms with Crippen LogP contribution in [0.15, 0.2) is 18.3 Å². The van der Waals surface area contributed by atoms with E-state index in [4.69, 9.17) is 9.84 Å². The number of rotatable bonds is 5. The Morgan fingerprint density at radius 1 is 1.29 bits per heavy atom. The lowest BCUT2D eigenvalue weighted by Crippen LogP contribution is -2.37. The number of ether oxygens (including phenoxy) is 1. The maximum absolute atomic E-state index is 13.0. The molecule has 0 radical (unpaired) electrons. The number of aliphatic carboxylic acids is 1. The highest BCUT2D eigenvalue weighted by Crippen LogP contribution is 2.19. The summed E-state index contributed by atoms with van der Waals surface area (Å²) in [4.78, 5) is 29.1. The minimum absolute atomic E-state index is 0.133. The molecule has 1 aliphatic heterocycles. The van der Waals surface area contributed by atoms with E-state index < -0.39 is 11.9 Å². The fraction of sp³-hybridized carbons (Fsp3) is 0.357. The van der Waals surface area contributed by atoms with E-state index in [2.05, 4.69) is 25.3 Å². The molecule has 0 unspecified atom stereocenters. The Hall–Kier alpha value is -2.88. The summed E-state index contributed by atoms with van der Waals surface area (Å²) in [6, 6.07) is 2.71. The van der Waals surface area contributed by atoms with E-state index in [-0.39, 0.29) is 18.3 Å². The summed E-state index contributed by atoms with van der Waals surface area (Å²) in [5.74, 6) is -0.820. The highest BCUT2D eigenvalue weighted by molar-refractivity contribution is 5.72. The van der Waals surface area contributed by atoms with Gasteiger partial charge in [0.15, 0.2) is 5.82 Å². The normalized spacial score (nSPS) is 14.5. The van der Waals surface area contributed by atoms with Crippen molar-refractivity contribution >= 4 is 17.9 Å². The molecular formula is C14H15FN6O3. The summed E-state index contributed by atoms with van der Waals surface area (Å²) < 4.78 is 18.3. The van der Waals surface area contributed by atoms with Gasteiger partial charge in [0.2, 0.25) is 17.8 Å². The standard InChI is InChI=1S/C14H15FN6O3/c15-10-2-1-9(7-16-10)12-18-13(17-8-11(22)23)20-14(19-12)21-3-5-24-6-4-21/h1-2,7H,3-6,8H2,(H,22,23)(H,17,18,19,20). The highest BCUT2D eigenvalue weighted by Gasteiger charge is 2.17. The molecule has 2 N–H and O–H groups in total. The number of hydrogen-bond donors (Lipinski definition) is 2. The number of aromatic nitrogens is 4. The molecule has 24 heavy (non-hydrogen) atoms. The summed E-state index contributed by atoms with van der Waals surface area (Å²) in [5.41, 5.74) is 0.506. The number of carboxylic acid groups (broad SMARTS) is 1. The van der Waals surface area contributed by atoms with Crippen LogP contribution in [0.5, 0.6) is 0 Å². The number of nitrogens with zero attached hydrogens (tertiary/aromatic N) is 5. The van der Waals surface area contributed by atoms with Crippen molar-refractivity contribution in [1.82, 2.24) is 19.9 Å². The lowest BCUT2D eigenvalue weighted by molar-refractivity contribution is -0.134. The Morgan fingerprint density at radius 3 is 2.75 bits per heavy atom. The molecule has 1 saturated heterocycles. The average Bonchev–Trinajstić information content (AvgIpc) is 2.61. The van der Waals surface area contributed by atoms with Gasteiger partial charge >= 0.3 is 5.97 Å². The molecule has 0 saturated carbocycles. The van der Waals surface area contributed by atoms with Crippen molar-refractivity contribution in [2.75, 3.05) is 43.1 Å². The third kappa shape index (κ3) is 3.90. The van der Waals surface area contributed by atoms with E-state index in [0.717, 1.165) is 0 Å². The Kier molecular flexibility index (Phi) is 4.75. The van der Waals surface area contributed by atoms with E-state index in [1.54, 1.807) is 0 Å². The van der Waals surface area contributed by atoms with E-state index >= 15 is 0 Å². The first-order valence-electron chi connectivity index (χ1n) is 7.28. The van der Waals surface area contributed by atoms with Crippen molar-refractivity contribution in [3.8, 4) is 11.4 Å². The predicted octanol–water partition coefficient (Wildman–Crippen LogP) is 0.406. The molecule has 3 heterocycles. The molecule has 9 nitrogen and oxygen atoms in total. The van der Waals surface area contributed by atoms with Gasteiger partial charge in [0, 0.05) is 24.8 Å². The van der Waals surface area contributed by atoms with E-state index in [9.17, 15) is 9.18 Å². The Morgan fingerprint density at radius 2 is 2.08 bits per heavy atom. The van der Waals surface area contributed by atoms with Crippen LogP contribution in [-0.2, 0) is 9.53 Å². The van der Waals surface area contributed by atoms with Gasteiger partial charge in [0.25, 0.3) is 0 Å². The molecule has 2 aromatic heterocycles. The molecule has 0 spiro atoms. The lowest BCUT2D eigenvalue weighted by Gasteiger charge is -2.27. The lowest BCUT2D eigenvalue weighted by atomic mass is 10.3. The Labute approximate surface area is 136 Å². The SMILES string of the molecule is O=C(O)CNc1nc(-c2ccc(F)nc2)nc(N2CCOCC2)n1. The molecule has 0 atom stereocenters. The number of pyridine rings is 1. The van der Waals surface area contributed by atoms with Crippen LogP contribution in [0.2, 0.25) is 0 Å². The first-order valence-corrected chi connectivity index (χ1v) is 7.28. The van der Waals surface area contributed by atoms with Gasteiger partial charge < -0.3 is 20.1 Å². The van der Waals surface area contributed by atoms with Crippen LogP contribution >= 0.6 is 0 Å². The van der Waals surface area contributed by atoms with Crippen LogP contribution in [-0.4, -0.2) is 63.9 Å². The van der Waals surface area contributed by atoms with Gasteiger partial charge in [0.1, 0.15) is 6.54 Å². The maximum atomic E-state index is 13.0. The van der Waals surface area contributed by atoms with Gasteiger partial charge in [-0.05, 0) is 12.1 Å². The van der Waals surface area contributed by atoms with Gasteiger partial charge in [-0.2, -0.15) is 19.3 Å². The fourth-order valence-corrected chi connectivity index (χ4v) is 2.14. The molecule has 0 aliphatic carbocycles. The summed E-state index contributed by atoms with van der Waals surface area (Å²) in [6.07, 6.45) is 1.31. The number of carboxylic acids is 1. The van der Waals surface area contributed by atoms with Crippen LogP contribution in [0.25, 0.3) is 11.4 Å². The zero-order valence-corrected chi connectivity index (χ0v) is 12.6. The van der Waals surface area contributed by atoms with Crippen molar-refractivity contribution in [1.29, 1.82) is 0 Å². The second kappa shape index (κ2) is 7.13. The Bertz CT molecular complexity index is 721. The van der Waals surface area contributed by atoms with E-state index in [1.165, 1.54) is 18.3 Å². The number of carbonyl (C=O) groups is 1. The second-order valence-electron chi connectivity index (χ2n) is 5.00. The van der Waals surface area contributed by atoms with Crippen molar-refractivity contribution in [3.63, 3.8) is 0 Å². The van der Waals surface area contributed by atoms with Gasteiger partial charge in [-0.3, -0.25) is 4.79 Å². The van der Waals surface area contributed by atoms with Crippen molar-refractivity contribution in [2.24, 2.45) is 0 Å². The summed E-state index contributed by atoms with van der Waals surface area (Å²) in [5, 5.41) is 11.4. The molecule has 126 valence electrons. The predicted molar refractivity (Wildman–Crippen MR) is 82.2 cm³/mol. The zero-order chi connectivity index (χ0) is 16.9. The quantitative estimate of drug-likeness (QED) is 0.750. The second-order valence-corrected chi connectivity index (χ2v) is 5.00. The van der Waals surface area contributed by atoms with Gasteiger partial charge in [-0.15, -0.1) is 0 Å². The molecule has 3 rings (SSSR count). The van der Waals surface area contributed by atoms with Crippen LogP contribution in [0.3, 0.4) is 0 Å². The molecule has 1 fully saturated rings. The Balaban J connectivity index is 1.94. The molecule has 0 bridgehead atoms. The number of hydrogen-bond acceptors (Lipinski definition) is 8. The molecule has 0 amide bonds. The smallest absolute Gasteiger partial charge is 0.322 e. The topological polar surface area (TPSA) is 113 Å². The van der Waals surface area contributed by atoms with Crippen LogP contribution in [0.4, 0.5) is 16.3 Å². The van der Waals surface area contributed by atoms with Crippen LogP contribution < -0.4 is 10.2 Å². The minimum Gasteiger partial charge on any atom is -0.480 e. The summed E-state index contributed by atoms with van der Waals surface area (Å²) >= 11 is 0. The molecule has 10 heteroatoms. The third-order valence-corrected chi connectivity index (χ3v) is 3.30. The van der Waals surface area contributed by atoms with Gasteiger partial charge in [0.05, 0.1) is 13.2 Å². The number of nitrogens with one attached hydrogen (secondary N) is 1. The van der Waals surface area contributed by atoms with Crippen LogP contribution in [0, 0.1) is 5.95 Å². The molecule has 1 aliphatic rings. The average molecular weight is 334 g/mol. The molecule has 2 aromatic rings. The number of morpholine rings is 1. The monoisotopic (exact) mass is 334 g/mol. The van der Waals surface area contributed by atoms with Crippen molar-refractivity contribution in [3.05, 3.63) is 24.3 Å². The number of halogens is 1. The van der Waals surface area contributed by atoms with Crippen LogP contribution in [0.1, 0.15) is 0 Å².